The number of carbonyl (C=O) groups excluding carboxylic acids is 3. The van der Waals surface area contributed by atoms with E-state index in [1.165, 1.54) is 14.0 Å². The number of likely N-dealkylation sites (N-methyl/N-ethyl adjacent to an activating group) is 1. The number of esters is 3. The van der Waals surface area contributed by atoms with Crippen molar-refractivity contribution in [3.63, 3.8) is 0 Å². The Morgan fingerprint density at radius 1 is 0.967 bits per heavy atom. The normalized spacial score (nSPS) is 36.5. The third-order valence-electron chi connectivity index (χ3n) is 15.7. The fourth-order valence-corrected chi connectivity index (χ4v) is 13.6. The molecule has 13 heteroatoms. The highest BCUT2D eigenvalue weighted by atomic mass is 16.6. The number of para-hydroxylation sites is 1. The second kappa shape index (κ2) is 14.3. The fourth-order valence-electron chi connectivity index (χ4n) is 13.6. The Kier molecular flexibility index (Phi) is 9.77. The zero-order valence-corrected chi connectivity index (χ0v) is 36.0. The van der Waals surface area contributed by atoms with Crippen LogP contribution < -0.4 is 9.64 Å². The molecule has 3 fully saturated rings. The van der Waals surface area contributed by atoms with Crippen molar-refractivity contribution >= 4 is 34.5 Å². The van der Waals surface area contributed by atoms with Crippen molar-refractivity contribution in [1.82, 2.24) is 14.8 Å². The summed E-state index contributed by atoms with van der Waals surface area (Å²) in [6.07, 6.45) is 5.97. The van der Waals surface area contributed by atoms with Crippen molar-refractivity contribution < 1.29 is 43.5 Å². The number of hydrogen-bond acceptors (Lipinski definition) is 12. The predicted octanol–water partition coefficient (Wildman–Crippen LogP) is 4.38. The Balaban J connectivity index is 1.37. The summed E-state index contributed by atoms with van der Waals surface area (Å²) in [7, 11) is 4.74. The number of aliphatic hydroxyl groups is 2. The zero-order valence-electron chi connectivity index (χ0n) is 36.0. The molecule has 13 nitrogen and oxygen atoms in total. The lowest BCUT2D eigenvalue weighted by molar-refractivity contribution is -0.228. The van der Waals surface area contributed by atoms with Crippen LogP contribution in [0.2, 0.25) is 0 Å². The summed E-state index contributed by atoms with van der Waals surface area (Å²) in [5, 5.41) is 26.4. The maximum Gasteiger partial charge on any atom is 0.344 e. The summed E-state index contributed by atoms with van der Waals surface area (Å²) in [6, 6.07) is 11.0. The summed E-state index contributed by atoms with van der Waals surface area (Å²) in [6.45, 7) is 10.6. The smallest absolute Gasteiger partial charge is 0.344 e. The number of methoxy groups -OCH3 is 2. The van der Waals surface area contributed by atoms with Crippen LogP contribution in [0, 0.1) is 11.3 Å². The van der Waals surface area contributed by atoms with Crippen LogP contribution in [0.15, 0.2) is 48.6 Å². The van der Waals surface area contributed by atoms with Crippen molar-refractivity contribution in [2.75, 3.05) is 65.5 Å². The van der Waals surface area contributed by atoms with Crippen LogP contribution >= 0.6 is 0 Å². The van der Waals surface area contributed by atoms with E-state index in [9.17, 15) is 19.8 Å². The van der Waals surface area contributed by atoms with E-state index >= 15 is 4.79 Å². The van der Waals surface area contributed by atoms with E-state index in [0.717, 1.165) is 33.4 Å². The van der Waals surface area contributed by atoms with Crippen LogP contribution in [0.3, 0.4) is 0 Å². The van der Waals surface area contributed by atoms with Gasteiger partial charge in [-0.25, -0.2) is 4.79 Å². The van der Waals surface area contributed by atoms with Gasteiger partial charge >= 0.3 is 17.9 Å². The Hall–Kier alpha value is -4.43. The van der Waals surface area contributed by atoms with Crippen LogP contribution in [0.4, 0.5) is 5.69 Å². The highest BCUT2D eigenvalue weighted by Gasteiger charge is 2.80. The summed E-state index contributed by atoms with van der Waals surface area (Å²) in [5.41, 5.74) is -1.59. The van der Waals surface area contributed by atoms with E-state index in [0.29, 0.717) is 82.6 Å². The van der Waals surface area contributed by atoms with Gasteiger partial charge in [-0.2, -0.15) is 0 Å². The van der Waals surface area contributed by atoms with Gasteiger partial charge in [-0.1, -0.05) is 44.2 Å². The first-order chi connectivity index (χ1) is 28.7. The van der Waals surface area contributed by atoms with Crippen molar-refractivity contribution in [1.29, 1.82) is 0 Å². The van der Waals surface area contributed by atoms with Gasteiger partial charge in [0.15, 0.2) is 6.10 Å². The number of piperidine rings is 1. The summed E-state index contributed by atoms with van der Waals surface area (Å²) < 4.78 is 24.3. The van der Waals surface area contributed by atoms with Gasteiger partial charge in [-0.05, 0) is 81.2 Å². The number of benzene rings is 2. The summed E-state index contributed by atoms with van der Waals surface area (Å²) in [4.78, 5) is 53.5. The van der Waals surface area contributed by atoms with Crippen molar-refractivity contribution in [2.45, 2.75) is 106 Å². The van der Waals surface area contributed by atoms with Crippen LogP contribution in [0.1, 0.15) is 82.2 Å². The van der Waals surface area contributed by atoms with Crippen molar-refractivity contribution in [3.05, 3.63) is 70.9 Å². The molecule has 3 N–H and O–H groups in total. The van der Waals surface area contributed by atoms with Gasteiger partial charge in [0, 0.05) is 90.9 Å². The Morgan fingerprint density at radius 2 is 1.75 bits per heavy atom. The number of anilines is 1. The maximum absolute atomic E-state index is 15.6. The van der Waals surface area contributed by atoms with Gasteiger partial charge in [-0.3, -0.25) is 19.4 Å². The molecule has 1 aliphatic carbocycles. The molecular formula is C47H60N4O9. The Morgan fingerprint density at radius 3 is 2.45 bits per heavy atom. The highest BCUT2D eigenvalue weighted by molar-refractivity contribution is 5.95. The van der Waals surface area contributed by atoms with Gasteiger partial charge in [0.25, 0.3) is 0 Å². The molecule has 1 unspecified atom stereocenters. The molecule has 2 bridgehead atoms. The lowest BCUT2D eigenvalue weighted by Crippen LogP contribution is -2.81. The number of nitrogens with one attached hydrogen (secondary N) is 1. The lowest BCUT2D eigenvalue weighted by atomic mass is 9.47. The van der Waals surface area contributed by atoms with Crippen molar-refractivity contribution in [2.24, 2.45) is 11.3 Å². The van der Waals surface area contributed by atoms with Crippen LogP contribution in [0.25, 0.3) is 10.9 Å². The number of aromatic amines is 1. The number of hydrogen-bond donors (Lipinski definition) is 3. The van der Waals surface area contributed by atoms with E-state index in [1.54, 1.807) is 7.11 Å². The maximum atomic E-state index is 15.6. The molecule has 10 atom stereocenters. The molecule has 322 valence electrons. The number of fused-ring (bicyclic) bond motifs is 6. The minimum absolute atomic E-state index is 0.0983. The van der Waals surface area contributed by atoms with Crippen LogP contribution in [0.5, 0.6) is 5.75 Å². The molecule has 2 saturated heterocycles. The second-order valence-electron chi connectivity index (χ2n) is 18.4. The standard InChI is InChI=1S/C47H60N4O9/c1-8-43(55)24-29-25-46(41(53)59-10-3,37-31(16-20-50(26-29)27-43)30-14-11-12-15-34(30)48-37)33-22-32-35(23-36(33)57-6)49(5)39-45(32)18-21-51-19-13-17-44(9-2,38(45)51)40(60-28(4)52)47(39,56)42(54)58-7/h11-15,17,22-23,29,38-40,48,55-56H,8-10,16,18-21,24-27H2,1-7H3/t29-,38+,39-,40-,43+,44-,45-,46+,47+/m1/s1. The molecular weight excluding hydrogens is 765 g/mol. The minimum Gasteiger partial charge on any atom is -0.496 e. The topological polar surface area (TPSA) is 154 Å². The fraction of sp³-hybridized carbons (Fsp3) is 0.596. The van der Waals surface area contributed by atoms with Gasteiger partial charge in [-0.15, -0.1) is 0 Å². The van der Waals surface area contributed by atoms with E-state index < -0.39 is 57.5 Å². The summed E-state index contributed by atoms with van der Waals surface area (Å²) >= 11 is 0. The Labute approximate surface area is 352 Å². The number of H-pyrrole nitrogens is 1. The molecule has 5 aliphatic heterocycles. The first-order valence-electron chi connectivity index (χ1n) is 21.8. The number of carbonyl (C=O) groups is 3. The second-order valence-corrected chi connectivity index (χ2v) is 18.4. The number of ether oxygens (including phenoxy) is 4. The van der Waals surface area contributed by atoms with Gasteiger partial charge < -0.3 is 39.0 Å². The van der Waals surface area contributed by atoms with Crippen LogP contribution in [-0.4, -0.2) is 133 Å². The first-order valence-corrected chi connectivity index (χ1v) is 21.8. The zero-order chi connectivity index (χ0) is 42.6. The van der Waals surface area contributed by atoms with Gasteiger partial charge in [0.05, 0.1) is 32.5 Å². The number of aromatic nitrogens is 1. The van der Waals surface area contributed by atoms with Gasteiger partial charge in [0.1, 0.15) is 11.2 Å². The van der Waals surface area contributed by atoms with E-state index in [4.69, 9.17) is 18.9 Å². The SMILES string of the molecule is CCOC(=O)[C@]1(c2cc3c(cc2OC)N(C)[C@H]2[C@@](O)(C(=O)OC)[C@H](OC(C)=O)[C@]4(CC)C=CCN5CC[C@]32[C@@H]54)C[C@@H]2CN(CCc3c1[nH]c1ccccc31)C[C@](O)(CC)C2. The molecule has 2 aromatic carbocycles. The third kappa shape index (κ3) is 5.34. The minimum atomic E-state index is -2.30. The molecule has 1 saturated carbocycles. The molecule has 6 heterocycles. The lowest BCUT2D eigenvalue weighted by Gasteiger charge is -2.63. The van der Waals surface area contributed by atoms with E-state index in [1.807, 2.05) is 57.0 Å². The summed E-state index contributed by atoms with van der Waals surface area (Å²) in [5.74, 6) is -1.52. The van der Waals surface area contributed by atoms with Crippen molar-refractivity contribution in [3.8, 4) is 5.75 Å². The largest absolute Gasteiger partial charge is 0.496 e. The Bertz CT molecular complexity index is 2270. The van der Waals surface area contributed by atoms with Gasteiger partial charge in [0.2, 0.25) is 5.60 Å². The van der Waals surface area contributed by atoms with E-state index in [-0.39, 0.29) is 18.6 Å². The third-order valence-corrected chi connectivity index (χ3v) is 15.7. The molecule has 0 amide bonds. The molecule has 3 aromatic rings. The highest BCUT2D eigenvalue weighted by Crippen LogP contribution is 2.68. The molecule has 1 spiro atoms. The van der Waals surface area contributed by atoms with E-state index in [2.05, 4.69) is 39.1 Å². The predicted molar refractivity (Wildman–Crippen MR) is 225 cm³/mol. The first kappa shape index (κ1) is 40.9. The average molecular weight is 825 g/mol. The average Bonchev–Trinajstić information content (AvgIpc) is 3.90. The molecule has 1 aromatic heterocycles. The van der Waals surface area contributed by atoms with Crippen LogP contribution in [-0.2, 0) is 45.8 Å². The molecule has 0 radical (unpaired) electrons. The molecule has 9 rings (SSSR count). The number of rotatable bonds is 8. The monoisotopic (exact) mass is 824 g/mol. The molecule has 60 heavy (non-hydrogen) atoms. The quantitative estimate of drug-likeness (QED) is 0.168. The number of nitrogens with zero attached hydrogens (tertiary/aromatic N) is 3. The molecule has 6 aliphatic rings.